The molecule has 0 atom stereocenters. The van der Waals surface area contributed by atoms with Gasteiger partial charge in [-0.25, -0.2) is 14.8 Å². The summed E-state index contributed by atoms with van der Waals surface area (Å²) in [6.45, 7) is 5.04. The highest BCUT2D eigenvalue weighted by molar-refractivity contribution is 5.96. The summed E-state index contributed by atoms with van der Waals surface area (Å²) >= 11 is 0. The normalized spacial score (nSPS) is 11.8. The summed E-state index contributed by atoms with van der Waals surface area (Å²) in [6, 6.07) is 7.53. The van der Waals surface area contributed by atoms with Gasteiger partial charge in [-0.05, 0) is 32.9 Å². The molecule has 0 radical (unpaired) electrons. The van der Waals surface area contributed by atoms with Crippen LogP contribution in [0.4, 0.5) is 0 Å². The summed E-state index contributed by atoms with van der Waals surface area (Å²) < 4.78 is 4.70. The molecule has 0 saturated heterocycles. The van der Waals surface area contributed by atoms with E-state index in [0.717, 1.165) is 17.0 Å². The number of nitrogens with zero attached hydrogens (tertiary/aromatic N) is 2. The van der Waals surface area contributed by atoms with Crippen molar-refractivity contribution in [3.63, 3.8) is 0 Å². The number of hydrogen-bond donors (Lipinski definition) is 0. The lowest BCUT2D eigenvalue weighted by Gasteiger charge is -2.14. The lowest BCUT2D eigenvalue weighted by Crippen LogP contribution is -2.25. The van der Waals surface area contributed by atoms with Crippen LogP contribution in [-0.2, 0) is 14.3 Å². The Morgan fingerprint density at radius 1 is 1.19 bits per heavy atom. The topological polar surface area (TPSA) is 69.2 Å². The van der Waals surface area contributed by atoms with E-state index in [0.29, 0.717) is 5.82 Å². The second-order valence-corrected chi connectivity index (χ2v) is 5.58. The first-order chi connectivity index (χ1) is 9.86. The zero-order chi connectivity index (χ0) is 15.5. The van der Waals surface area contributed by atoms with Gasteiger partial charge >= 0.3 is 11.9 Å². The Hall–Kier alpha value is -2.56. The third-order valence-corrected chi connectivity index (χ3v) is 2.68. The largest absolute Gasteiger partial charge is 0.389 e. The highest BCUT2D eigenvalue weighted by atomic mass is 16.6. The van der Waals surface area contributed by atoms with Crippen LogP contribution in [0.1, 0.15) is 26.6 Å². The molecule has 5 nitrogen and oxygen atoms in total. The first-order valence-corrected chi connectivity index (χ1v) is 6.52. The molecule has 0 aliphatic rings. The van der Waals surface area contributed by atoms with E-state index in [-0.39, 0.29) is 0 Å². The van der Waals surface area contributed by atoms with Crippen LogP contribution in [0.25, 0.3) is 17.0 Å². The fourth-order valence-electron chi connectivity index (χ4n) is 1.49. The number of carbonyl (C=O) groups is 2. The van der Waals surface area contributed by atoms with E-state index in [1.54, 1.807) is 27.0 Å². The monoisotopic (exact) mass is 284 g/mol. The molecule has 0 saturated carbocycles. The number of para-hydroxylation sites is 1. The molecule has 21 heavy (non-hydrogen) atoms. The number of fused-ring (bicyclic) bond motifs is 1. The Labute approximate surface area is 122 Å². The van der Waals surface area contributed by atoms with Gasteiger partial charge in [-0.2, -0.15) is 0 Å². The first-order valence-electron chi connectivity index (χ1n) is 6.52. The molecule has 2 rings (SSSR count). The Morgan fingerprint density at radius 2 is 1.90 bits per heavy atom. The molecular weight excluding hydrogens is 268 g/mol. The maximum Gasteiger partial charge on any atom is 0.338 e. The Balaban J connectivity index is 2.09. The highest BCUT2D eigenvalue weighted by Crippen LogP contribution is 2.15. The molecule has 0 fully saturated rings. The minimum atomic E-state index is -0.730. The number of carbonyl (C=O) groups excluding carboxylic acids is 2. The Bertz CT molecular complexity index is 715. The molecule has 2 aromatic rings. The van der Waals surface area contributed by atoms with Crippen LogP contribution in [0.2, 0.25) is 0 Å². The number of rotatable bonds is 2. The molecule has 0 aliphatic carbocycles. The van der Waals surface area contributed by atoms with Crippen molar-refractivity contribution in [1.82, 2.24) is 9.97 Å². The van der Waals surface area contributed by atoms with Crippen molar-refractivity contribution >= 4 is 28.9 Å². The van der Waals surface area contributed by atoms with Gasteiger partial charge in [-0.1, -0.05) is 18.2 Å². The minimum absolute atomic E-state index is 0.383. The van der Waals surface area contributed by atoms with Gasteiger partial charge in [0.1, 0.15) is 0 Å². The molecule has 1 aromatic carbocycles. The minimum Gasteiger partial charge on any atom is -0.389 e. The maximum absolute atomic E-state index is 11.6. The predicted octanol–water partition coefficient (Wildman–Crippen LogP) is 2.76. The molecule has 0 bridgehead atoms. The molecule has 0 spiro atoms. The van der Waals surface area contributed by atoms with Crippen molar-refractivity contribution in [2.45, 2.75) is 20.8 Å². The number of esters is 2. The van der Waals surface area contributed by atoms with Gasteiger partial charge in [-0.3, -0.25) is 4.79 Å². The molecule has 5 heteroatoms. The number of aromatic nitrogens is 2. The van der Waals surface area contributed by atoms with Gasteiger partial charge in [-0.15, -0.1) is 0 Å². The van der Waals surface area contributed by atoms with E-state index >= 15 is 0 Å². The van der Waals surface area contributed by atoms with Gasteiger partial charge in [0.25, 0.3) is 0 Å². The Morgan fingerprint density at radius 3 is 2.62 bits per heavy atom. The van der Waals surface area contributed by atoms with Crippen LogP contribution in [-0.4, -0.2) is 21.9 Å². The second kappa shape index (κ2) is 5.83. The van der Waals surface area contributed by atoms with Crippen LogP contribution < -0.4 is 0 Å². The van der Waals surface area contributed by atoms with Crippen molar-refractivity contribution in [1.29, 1.82) is 0 Å². The van der Waals surface area contributed by atoms with Gasteiger partial charge in [0.05, 0.1) is 10.9 Å². The van der Waals surface area contributed by atoms with Crippen molar-refractivity contribution in [2.24, 2.45) is 5.41 Å². The SMILES string of the molecule is CC(C)(C)C(=O)OC(=O)/C=C/c1ncc2ccccc2n1. The highest BCUT2D eigenvalue weighted by Gasteiger charge is 2.24. The van der Waals surface area contributed by atoms with E-state index in [4.69, 9.17) is 4.74 Å². The smallest absolute Gasteiger partial charge is 0.338 e. The second-order valence-electron chi connectivity index (χ2n) is 5.58. The van der Waals surface area contributed by atoms with Crippen LogP contribution in [0.3, 0.4) is 0 Å². The predicted molar refractivity (Wildman–Crippen MR) is 79.1 cm³/mol. The lowest BCUT2D eigenvalue weighted by atomic mass is 9.97. The Kier molecular flexibility index (Phi) is 4.12. The number of ether oxygens (including phenoxy) is 1. The zero-order valence-corrected chi connectivity index (χ0v) is 12.2. The molecule has 0 amide bonds. The third-order valence-electron chi connectivity index (χ3n) is 2.68. The van der Waals surface area contributed by atoms with Crippen LogP contribution in [0, 0.1) is 5.41 Å². The summed E-state index contributed by atoms with van der Waals surface area (Å²) in [7, 11) is 0. The van der Waals surface area contributed by atoms with Crippen molar-refractivity contribution < 1.29 is 14.3 Å². The van der Waals surface area contributed by atoms with E-state index < -0.39 is 17.4 Å². The standard InChI is InChI=1S/C16H16N2O3/c1-16(2,3)15(20)21-14(19)9-8-13-17-10-11-6-4-5-7-12(11)18-13/h4-10H,1-3H3/b9-8+. The fourth-order valence-corrected chi connectivity index (χ4v) is 1.49. The summed E-state index contributed by atoms with van der Waals surface area (Å²) in [6.07, 6.45) is 4.24. The summed E-state index contributed by atoms with van der Waals surface area (Å²) in [4.78, 5) is 31.5. The number of benzene rings is 1. The summed E-state index contributed by atoms with van der Waals surface area (Å²) in [5, 5.41) is 0.917. The van der Waals surface area contributed by atoms with Crippen LogP contribution in [0.15, 0.2) is 36.5 Å². The van der Waals surface area contributed by atoms with Crippen molar-refractivity contribution in [3.8, 4) is 0 Å². The molecule has 0 unspecified atom stereocenters. The van der Waals surface area contributed by atoms with E-state index in [2.05, 4.69) is 9.97 Å². The third kappa shape index (κ3) is 3.95. The molecule has 108 valence electrons. The van der Waals surface area contributed by atoms with Crippen molar-refractivity contribution in [3.05, 3.63) is 42.4 Å². The summed E-state index contributed by atoms with van der Waals surface area (Å²) in [5.41, 5.74) is 0.0643. The zero-order valence-electron chi connectivity index (χ0n) is 12.2. The first kappa shape index (κ1) is 14.8. The molecular formula is C16H16N2O3. The lowest BCUT2D eigenvalue weighted by molar-refractivity contribution is -0.162. The van der Waals surface area contributed by atoms with Gasteiger partial charge in [0.2, 0.25) is 0 Å². The summed E-state index contributed by atoms with van der Waals surface area (Å²) in [5.74, 6) is -0.919. The van der Waals surface area contributed by atoms with Crippen LogP contribution in [0.5, 0.6) is 0 Å². The molecule has 1 aromatic heterocycles. The van der Waals surface area contributed by atoms with Gasteiger partial charge < -0.3 is 4.74 Å². The van der Waals surface area contributed by atoms with E-state index in [9.17, 15) is 9.59 Å². The molecule has 0 N–H and O–H groups in total. The van der Waals surface area contributed by atoms with E-state index in [1.807, 2.05) is 24.3 Å². The molecule has 1 heterocycles. The quantitative estimate of drug-likeness (QED) is 0.482. The van der Waals surface area contributed by atoms with Crippen LogP contribution >= 0.6 is 0 Å². The maximum atomic E-state index is 11.6. The average molecular weight is 284 g/mol. The van der Waals surface area contributed by atoms with Gasteiger partial charge in [0, 0.05) is 17.7 Å². The molecule has 0 aliphatic heterocycles. The van der Waals surface area contributed by atoms with E-state index in [1.165, 1.54) is 6.08 Å². The van der Waals surface area contributed by atoms with Gasteiger partial charge in [0.15, 0.2) is 5.82 Å². The fraction of sp³-hybridized carbons (Fsp3) is 0.250. The van der Waals surface area contributed by atoms with Crippen molar-refractivity contribution in [2.75, 3.05) is 0 Å². The number of hydrogen-bond acceptors (Lipinski definition) is 5. The average Bonchev–Trinajstić information content (AvgIpc) is 2.44.